The Morgan fingerprint density at radius 2 is 1.81 bits per heavy atom. The predicted octanol–water partition coefficient (Wildman–Crippen LogP) is 0.712. The molecule has 2 aromatic rings. The van der Waals surface area contributed by atoms with E-state index in [-0.39, 0.29) is 12.5 Å². The second-order valence-electron chi connectivity index (χ2n) is 4.52. The van der Waals surface area contributed by atoms with Gasteiger partial charge in [-0.15, -0.1) is 20.4 Å². The van der Waals surface area contributed by atoms with Crippen molar-refractivity contribution in [2.75, 3.05) is 6.61 Å². The highest BCUT2D eigenvalue weighted by Gasteiger charge is 2.03. The van der Waals surface area contributed by atoms with Crippen molar-refractivity contribution in [3.63, 3.8) is 0 Å². The molecule has 0 saturated carbocycles. The lowest BCUT2D eigenvalue weighted by molar-refractivity contribution is -0.121. The lowest BCUT2D eigenvalue weighted by atomic mass is 10.1. The first kappa shape index (κ1) is 15.0. The molecule has 0 spiro atoms. The highest BCUT2D eigenvalue weighted by molar-refractivity contribution is 5.75. The van der Waals surface area contributed by atoms with Crippen LogP contribution >= 0.6 is 0 Å². The van der Waals surface area contributed by atoms with Crippen LogP contribution in [0.25, 0.3) is 11.4 Å². The van der Waals surface area contributed by atoms with Gasteiger partial charge in [0.2, 0.25) is 11.7 Å². The summed E-state index contributed by atoms with van der Waals surface area (Å²) in [6.45, 7) is 0.602. The lowest BCUT2D eigenvalue weighted by Crippen LogP contribution is -2.22. The van der Waals surface area contributed by atoms with Crippen LogP contribution in [0.5, 0.6) is 0 Å². The molecule has 2 N–H and O–H groups in total. The van der Waals surface area contributed by atoms with Crippen LogP contribution in [0.15, 0.2) is 30.6 Å². The van der Waals surface area contributed by atoms with Crippen LogP contribution in [0, 0.1) is 0 Å². The Morgan fingerprint density at radius 3 is 2.48 bits per heavy atom. The van der Waals surface area contributed by atoms with Gasteiger partial charge in [-0.1, -0.05) is 24.3 Å². The number of hydrogen-bond donors (Lipinski definition) is 2. The Hall–Kier alpha value is -2.41. The highest BCUT2D eigenvalue weighted by Crippen LogP contribution is 2.13. The summed E-state index contributed by atoms with van der Waals surface area (Å²) in [5.74, 6) is 0.462. The Kier molecular flexibility index (Phi) is 5.71. The largest absolute Gasteiger partial charge is 0.396 e. The zero-order valence-corrected chi connectivity index (χ0v) is 11.6. The number of hydrogen-bond acceptors (Lipinski definition) is 6. The van der Waals surface area contributed by atoms with Gasteiger partial charge >= 0.3 is 0 Å². The average Bonchev–Trinajstić information content (AvgIpc) is 2.54. The molecular formula is C14H17N5O2. The summed E-state index contributed by atoms with van der Waals surface area (Å²) in [7, 11) is 0. The minimum absolute atomic E-state index is 0.00711. The molecule has 0 atom stereocenters. The summed E-state index contributed by atoms with van der Waals surface area (Å²) in [5.41, 5.74) is 1.82. The first-order chi connectivity index (χ1) is 10.3. The zero-order chi connectivity index (χ0) is 14.9. The number of nitrogens with one attached hydrogen (secondary N) is 1. The number of aliphatic hydroxyl groups excluding tert-OH is 1. The van der Waals surface area contributed by atoms with E-state index in [0.29, 0.717) is 31.6 Å². The monoisotopic (exact) mass is 287 g/mol. The molecule has 0 aliphatic carbocycles. The molecule has 1 aromatic carbocycles. The minimum atomic E-state index is -0.00711. The number of benzene rings is 1. The van der Waals surface area contributed by atoms with Gasteiger partial charge in [-0.05, 0) is 18.4 Å². The van der Waals surface area contributed by atoms with E-state index in [9.17, 15) is 4.79 Å². The number of rotatable bonds is 7. The molecule has 0 bridgehead atoms. The van der Waals surface area contributed by atoms with Gasteiger partial charge in [0.25, 0.3) is 0 Å². The van der Waals surface area contributed by atoms with E-state index in [1.54, 1.807) is 0 Å². The van der Waals surface area contributed by atoms with Gasteiger partial charge in [0.15, 0.2) is 6.33 Å². The van der Waals surface area contributed by atoms with Crippen molar-refractivity contribution in [3.8, 4) is 11.4 Å². The van der Waals surface area contributed by atoms with Gasteiger partial charge in [0, 0.05) is 25.1 Å². The molecule has 21 heavy (non-hydrogen) atoms. The van der Waals surface area contributed by atoms with Crippen LogP contribution < -0.4 is 5.32 Å². The Morgan fingerprint density at radius 1 is 1.10 bits per heavy atom. The smallest absolute Gasteiger partial charge is 0.220 e. The third-order valence-electron chi connectivity index (χ3n) is 2.92. The van der Waals surface area contributed by atoms with E-state index in [2.05, 4.69) is 25.7 Å². The van der Waals surface area contributed by atoms with E-state index < -0.39 is 0 Å². The fraction of sp³-hybridized carbons (Fsp3) is 0.357. The normalized spacial score (nSPS) is 10.3. The fourth-order valence-corrected chi connectivity index (χ4v) is 1.78. The van der Waals surface area contributed by atoms with Gasteiger partial charge in [0.1, 0.15) is 0 Å². The molecule has 7 nitrogen and oxygen atoms in total. The predicted molar refractivity (Wildman–Crippen MR) is 75.8 cm³/mol. The van der Waals surface area contributed by atoms with E-state index in [1.165, 1.54) is 6.33 Å². The average molecular weight is 287 g/mol. The van der Waals surface area contributed by atoms with Gasteiger partial charge in [-0.2, -0.15) is 0 Å². The summed E-state index contributed by atoms with van der Waals surface area (Å²) >= 11 is 0. The molecule has 0 fully saturated rings. The van der Waals surface area contributed by atoms with E-state index in [4.69, 9.17) is 5.11 Å². The van der Waals surface area contributed by atoms with Crippen LogP contribution in [-0.2, 0) is 11.3 Å². The van der Waals surface area contributed by atoms with Crippen molar-refractivity contribution in [2.45, 2.75) is 25.8 Å². The third kappa shape index (κ3) is 4.88. The maximum Gasteiger partial charge on any atom is 0.220 e. The van der Waals surface area contributed by atoms with E-state index >= 15 is 0 Å². The van der Waals surface area contributed by atoms with Gasteiger partial charge < -0.3 is 10.4 Å². The van der Waals surface area contributed by atoms with Crippen molar-refractivity contribution in [2.24, 2.45) is 0 Å². The highest BCUT2D eigenvalue weighted by atomic mass is 16.3. The number of carbonyl (C=O) groups is 1. The minimum Gasteiger partial charge on any atom is -0.396 e. The van der Waals surface area contributed by atoms with E-state index in [0.717, 1.165) is 11.1 Å². The van der Waals surface area contributed by atoms with Crippen LogP contribution in [-0.4, -0.2) is 38.0 Å². The summed E-state index contributed by atoms with van der Waals surface area (Å²) in [5, 5.41) is 26.6. The van der Waals surface area contributed by atoms with Crippen LogP contribution in [0.1, 0.15) is 24.8 Å². The third-order valence-corrected chi connectivity index (χ3v) is 2.92. The van der Waals surface area contributed by atoms with Gasteiger partial charge in [-0.3, -0.25) is 4.79 Å². The Bertz CT molecular complexity index is 559. The molecule has 1 aromatic heterocycles. The van der Waals surface area contributed by atoms with E-state index in [1.807, 2.05) is 24.3 Å². The quantitative estimate of drug-likeness (QED) is 0.727. The maximum atomic E-state index is 11.6. The number of amides is 1. The SMILES string of the molecule is O=C(CCCCO)NCc1ccc(-c2nncnn2)cc1. The summed E-state index contributed by atoms with van der Waals surface area (Å²) in [6.07, 6.45) is 3.08. The van der Waals surface area contributed by atoms with Gasteiger partial charge in [-0.25, -0.2) is 0 Å². The van der Waals surface area contributed by atoms with Crippen LogP contribution in [0.4, 0.5) is 0 Å². The summed E-state index contributed by atoms with van der Waals surface area (Å²) in [6, 6.07) is 7.54. The molecule has 0 saturated heterocycles. The van der Waals surface area contributed by atoms with Crippen molar-refractivity contribution in [3.05, 3.63) is 36.2 Å². The van der Waals surface area contributed by atoms with Crippen LogP contribution in [0.3, 0.4) is 0 Å². The number of unbranched alkanes of at least 4 members (excludes halogenated alkanes) is 1. The number of carbonyl (C=O) groups excluding carboxylic acids is 1. The lowest BCUT2D eigenvalue weighted by Gasteiger charge is -2.06. The summed E-state index contributed by atoms with van der Waals surface area (Å²) in [4.78, 5) is 11.6. The summed E-state index contributed by atoms with van der Waals surface area (Å²) < 4.78 is 0. The standard InChI is InChI=1S/C14H17N5O2/c20-8-2-1-3-13(21)15-9-11-4-6-12(7-5-11)14-18-16-10-17-19-14/h4-7,10,20H,1-3,8-9H2,(H,15,21). The molecule has 0 unspecified atom stereocenters. The number of aromatic nitrogens is 4. The fourth-order valence-electron chi connectivity index (χ4n) is 1.78. The number of nitrogens with zero attached hydrogens (tertiary/aromatic N) is 4. The van der Waals surface area contributed by atoms with Crippen molar-refractivity contribution >= 4 is 5.91 Å². The molecule has 2 rings (SSSR count). The molecular weight excluding hydrogens is 270 g/mol. The molecule has 0 aliphatic heterocycles. The molecule has 0 aliphatic rings. The molecule has 1 heterocycles. The molecule has 1 amide bonds. The Balaban J connectivity index is 1.84. The second-order valence-corrected chi connectivity index (χ2v) is 4.52. The molecule has 7 heteroatoms. The first-order valence-electron chi connectivity index (χ1n) is 6.77. The Labute approximate surface area is 122 Å². The molecule has 0 radical (unpaired) electrons. The van der Waals surface area contributed by atoms with Crippen molar-refractivity contribution in [1.82, 2.24) is 25.7 Å². The maximum absolute atomic E-state index is 11.6. The second kappa shape index (κ2) is 8.01. The number of aliphatic hydroxyl groups is 1. The van der Waals surface area contributed by atoms with Gasteiger partial charge in [0.05, 0.1) is 0 Å². The van der Waals surface area contributed by atoms with Crippen LogP contribution in [0.2, 0.25) is 0 Å². The topological polar surface area (TPSA) is 101 Å². The first-order valence-corrected chi connectivity index (χ1v) is 6.77. The zero-order valence-electron chi connectivity index (χ0n) is 11.6. The van der Waals surface area contributed by atoms with Crippen molar-refractivity contribution < 1.29 is 9.90 Å². The molecule has 110 valence electrons. The van der Waals surface area contributed by atoms with Crippen molar-refractivity contribution in [1.29, 1.82) is 0 Å².